The third-order valence-corrected chi connectivity index (χ3v) is 5.04. The minimum absolute atomic E-state index is 0. The summed E-state index contributed by atoms with van der Waals surface area (Å²) in [6.07, 6.45) is 3.09. The molecule has 0 radical (unpaired) electrons. The van der Waals surface area contributed by atoms with Crippen LogP contribution in [0.1, 0.15) is 30.7 Å². The van der Waals surface area contributed by atoms with Crippen LogP contribution < -0.4 is 10.6 Å². The molecule has 2 N–H and O–H groups in total. The highest BCUT2D eigenvalue weighted by molar-refractivity contribution is 14.0. The van der Waals surface area contributed by atoms with Gasteiger partial charge in [0.1, 0.15) is 5.82 Å². The maximum Gasteiger partial charge on any atom is 0.190 e. The van der Waals surface area contributed by atoms with Crippen molar-refractivity contribution in [3.8, 4) is 0 Å². The largest absolute Gasteiger partial charge is 0.377 e. The van der Waals surface area contributed by atoms with Crippen LogP contribution in [-0.2, 0) is 17.9 Å². The zero-order valence-corrected chi connectivity index (χ0v) is 20.8. The van der Waals surface area contributed by atoms with Gasteiger partial charge in [-0.15, -0.1) is 24.0 Å². The Kier molecular flexibility index (Phi) is 11.4. The van der Waals surface area contributed by atoms with E-state index in [1.54, 1.807) is 0 Å². The van der Waals surface area contributed by atoms with Crippen LogP contribution in [-0.4, -0.2) is 42.3 Å². The lowest BCUT2D eigenvalue weighted by molar-refractivity contribution is 0.117. The smallest absolute Gasteiger partial charge is 0.190 e. The molecule has 1 heterocycles. The van der Waals surface area contributed by atoms with E-state index in [0.717, 1.165) is 62.8 Å². The van der Waals surface area contributed by atoms with Gasteiger partial charge in [-0.1, -0.05) is 42.5 Å². The molecule has 0 aliphatic heterocycles. The summed E-state index contributed by atoms with van der Waals surface area (Å²) in [7, 11) is 1.81. The number of halogens is 1. The highest BCUT2D eigenvalue weighted by Gasteiger charge is 2.06. The molecule has 31 heavy (non-hydrogen) atoms. The SMILES string of the molecule is CN=C(NCCCCOCc1ccccc1)NCCCn1c(C)nc2ccccc21.I. The fourth-order valence-corrected chi connectivity index (χ4v) is 3.44. The highest BCUT2D eigenvalue weighted by atomic mass is 127. The maximum atomic E-state index is 5.73. The van der Waals surface area contributed by atoms with Crippen LogP contribution in [0.3, 0.4) is 0 Å². The van der Waals surface area contributed by atoms with Crippen LogP contribution in [0.25, 0.3) is 11.0 Å². The molecule has 0 saturated heterocycles. The number of rotatable bonds is 11. The fraction of sp³-hybridized carbons (Fsp3) is 0.417. The Morgan fingerprint density at radius 3 is 2.45 bits per heavy atom. The first-order valence-corrected chi connectivity index (χ1v) is 10.8. The fourth-order valence-electron chi connectivity index (χ4n) is 3.44. The summed E-state index contributed by atoms with van der Waals surface area (Å²) in [6, 6.07) is 18.6. The number of nitrogens with one attached hydrogen (secondary N) is 2. The first kappa shape index (κ1) is 25.1. The summed E-state index contributed by atoms with van der Waals surface area (Å²) in [4.78, 5) is 8.94. The Morgan fingerprint density at radius 2 is 1.68 bits per heavy atom. The number of nitrogens with zero attached hydrogens (tertiary/aromatic N) is 3. The second kappa shape index (κ2) is 14.0. The van der Waals surface area contributed by atoms with Crippen molar-refractivity contribution in [1.82, 2.24) is 20.2 Å². The van der Waals surface area contributed by atoms with Gasteiger partial charge in [0.2, 0.25) is 0 Å². The number of aryl methyl sites for hydroxylation is 2. The number of hydrogen-bond acceptors (Lipinski definition) is 3. The van der Waals surface area contributed by atoms with Crippen molar-refractivity contribution in [1.29, 1.82) is 0 Å². The second-order valence-electron chi connectivity index (χ2n) is 7.32. The Balaban J connectivity index is 0.00000341. The van der Waals surface area contributed by atoms with E-state index in [4.69, 9.17) is 4.74 Å². The summed E-state index contributed by atoms with van der Waals surface area (Å²) >= 11 is 0. The molecule has 0 spiro atoms. The van der Waals surface area contributed by atoms with Crippen LogP contribution in [0.15, 0.2) is 59.6 Å². The summed E-state index contributed by atoms with van der Waals surface area (Å²) in [5.41, 5.74) is 3.49. The predicted molar refractivity (Wildman–Crippen MR) is 139 cm³/mol. The molecule has 0 bridgehead atoms. The van der Waals surface area contributed by atoms with Gasteiger partial charge in [0.25, 0.3) is 0 Å². The van der Waals surface area contributed by atoms with Crippen LogP contribution in [0.2, 0.25) is 0 Å². The molecule has 0 aliphatic rings. The van der Waals surface area contributed by atoms with Gasteiger partial charge >= 0.3 is 0 Å². The molecular weight excluding hydrogens is 501 g/mol. The first-order chi connectivity index (χ1) is 14.8. The Labute approximate surface area is 202 Å². The third kappa shape index (κ3) is 8.14. The van der Waals surface area contributed by atoms with Gasteiger partial charge in [0.05, 0.1) is 17.6 Å². The summed E-state index contributed by atoms with van der Waals surface area (Å²) in [5.74, 6) is 1.92. The maximum absolute atomic E-state index is 5.73. The highest BCUT2D eigenvalue weighted by Crippen LogP contribution is 2.15. The van der Waals surface area contributed by atoms with Gasteiger partial charge in [0.15, 0.2) is 5.96 Å². The van der Waals surface area contributed by atoms with Crippen molar-refractivity contribution in [3.63, 3.8) is 0 Å². The van der Waals surface area contributed by atoms with Crippen LogP contribution >= 0.6 is 24.0 Å². The predicted octanol–water partition coefficient (Wildman–Crippen LogP) is 4.51. The summed E-state index contributed by atoms with van der Waals surface area (Å²) in [6.45, 7) is 6.22. The van der Waals surface area contributed by atoms with Crippen LogP contribution in [0.5, 0.6) is 0 Å². The van der Waals surface area contributed by atoms with E-state index in [1.165, 1.54) is 11.1 Å². The van der Waals surface area contributed by atoms with Gasteiger partial charge < -0.3 is 19.9 Å². The molecule has 0 atom stereocenters. The Bertz CT molecular complexity index is 926. The second-order valence-corrected chi connectivity index (χ2v) is 7.32. The number of fused-ring (bicyclic) bond motifs is 1. The van der Waals surface area contributed by atoms with E-state index >= 15 is 0 Å². The van der Waals surface area contributed by atoms with E-state index < -0.39 is 0 Å². The average molecular weight is 535 g/mol. The van der Waals surface area contributed by atoms with E-state index in [0.29, 0.717) is 6.61 Å². The van der Waals surface area contributed by atoms with Gasteiger partial charge in [0, 0.05) is 33.3 Å². The van der Waals surface area contributed by atoms with E-state index in [2.05, 4.69) is 62.4 Å². The molecule has 0 saturated carbocycles. The number of ether oxygens (including phenoxy) is 1. The molecular formula is C24H34IN5O. The van der Waals surface area contributed by atoms with Gasteiger partial charge in [-0.2, -0.15) is 0 Å². The number of aliphatic imine (C=N–C) groups is 1. The molecule has 0 aliphatic carbocycles. The zero-order valence-electron chi connectivity index (χ0n) is 18.5. The number of hydrogen-bond donors (Lipinski definition) is 2. The van der Waals surface area contributed by atoms with E-state index in [-0.39, 0.29) is 24.0 Å². The van der Waals surface area contributed by atoms with Crippen LogP contribution in [0, 0.1) is 6.92 Å². The minimum atomic E-state index is 0. The zero-order chi connectivity index (χ0) is 21.0. The van der Waals surface area contributed by atoms with Crippen molar-refractivity contribution in [2.45, 2.75) is 39.3 Å². The Hall–Kier alpha value is -2.13. The summed E-state index contributed by atoms with van der Waals surface area (Å²) < 4.78 is 8.01. The van der Waals surface area contributed by atoms with Crippen molar-refractivity contribution in [2.75, 3.05) is 26.7 Å². The van der Waals surface area contributed by atoms with Crippen molar-refractivity contribution < 1.29 is 4.74 Å². The molecule has 1 aromatic heterocycles. The molecule has 0 unspecified atom stereocenters. The van der Waals surface area contributed by atoms with E-state index in [1.807, 2.05) is 31.3 Å². The van der Waals surface area contributed by atoms with Crippen LogP contribution in [0.4, 0.5) is 0 Å². The number of guanidine groups is 1. The van der Waals surface area contributed by atoms with E-state index in [9.17, 15) is 0 Å². The lowest BCUT2D eigenvalue weighted by atomic mass is 10.2. The average Bonchev–Trinajstić information content (AvgIpc) is 3.10. The molecule has 3 rings (SSSR count). The van der Waals surface area contributed by atoms with Crippen molar-refractivity contribution in [2.24, 2.45) is 4.99 Å². The topological polar surface area (TPSA) is 63.5 Å². The number of benzene rings is 2. The Morgan fingerprint density at radius 1 is 0.968 bits per heavy atom. The standard InChI is InChI=1S/C24H33N5O.HI/c1-20-28-22-13-6-7-14-23(22)29(20)17-10-16-27-24(25-2)26-15-8-9-18-30-19-21-11-4-3-5-12-21;/h3-7,11-14H,8-10,15-19H2,1-2H3,(H2,25,26,27);1H. The van der Waals surface area contributed by atoms with Crippen molar-refractivity contribution >= 4 is 41.0 Å². The monoisotopic (exact) mass is 535 g/mol. The molecule has 7 heteroatoms. The molecule has 0 amide bonds. The molecule has 6 nitrogen and oxygen atoms in total. The minimum Gasteiger partial charge on any atom is -0.377 e. The number of imidazole rings is 1. The third-order valence-electron chi connectivity index (χ3n) is 5.04. The normalized spacial score (nSPS) is 11.4. The van der Waals surface area contributed by atoms with Gasteiger partial charge in [-0.05, 0) is 43.9 Å². The number of para-hydroxylation sites is 2. The molecule has 3 aromatic rings. The lowest BCUT2D eigenvalue weighted by Crippen LogP contribution is -2.38. The quantitative estimate of drug-likeness (QED) is 0.164. The first-order valence-electron chi connectivity index (χ1n) is 10.8. The molecule has 0 fully saturated rings. The van der Waals surface area contributed by atoms with Gasteiger partial charge in [-0.25, -0.2) is 4.98 Å². The molecule has 168 valence electrons. The van der Waals surface area contributed by atoms with Crippen molar-refractivity contribution in [3.05, 3.63) is 66.0 Å². The van der Waals surface area contributed by atoms with Gasteiger partial charge in [-0.3, -0.25) is 4.99 Å². The number of unbranched alkanes of at least 4 members (excludes halogenated alkanes) is 1. The lowest BCUT2D eigenvalue weighted by Gasteiger charge is -2.13. The number of aromatic nitrogens is 2. The summed E-state index contributed by atoms with van der Waals surface area (Å²) in [5, 5.41) is 6.77. The molecule has 2 aromatic carbocycles.